The highest BCUT2D eigenvalue weighted by Crippen LogP contribution is 2.89. The second kappa shape index (κ2) is 6.86. The molecule has 6 fully saturated rings. The zero-order chi connectivity index (χ0) is 25.6. The molecule has 0 aromatic carbocycles. The van der Waals surface area contributed by atoms with Crippen molar-refractivity contribution in [1.82, 2.24) is 0 Å². The molecule has 0 radical (unpaired) electrons. The predicted molar refractivity (Wildman–Crippen MR) is 134 cm³/mol. The fourth-order valence-electron chi connectivity index (χ4n) is 12.1. The van der Waals surface area contributed by atoms with Crippen molar-refractivity contribution in [1.29, 1.82) is 0 Å². The fraction of sp³-hybridized carbons (Fsp3) is 1.00. The Balaban J connectivity index is 1.37. The van der Waals surface area contributed by atoms with Crippen LogP contribution in [0.3, 0.4) is 0 Å². The zero-order valence-corrected chi connectivity index (χ0v) is 23.1. The van der Waals surface area contributed by atoms with Crippen LogP contribution in [0.1, 0.15) is 106 Å². The number of hydrogen-bond acceptors (Lipinski definition) is 5. The Labute approximate surface area is 212 Å². The SMILES string of the molecule is CC(C)(O)[C@@H]1CC[C@](C)([C@H]2[C@@H](O)C[C@@]3(C)[C@@H]4C[C@H](O)[C@H]5C(C)(C)C(O)CCC56CC46CC[C@]23C)O1. The smallest absolute Gasteiger partial charge is 0.0865 e. The van der Waals surface area contributed by atoms with Gasteiger partial charge in [-0.3, -0.25) is 0 Å². The normalized spacial score (nSPS) is 60.9. The molecular formula is C30H50O5. The summed E-state index contributed by atoms with van der Waals surface area (Å²) >= 11 is 0. The van der Waals surface area contributed by atoms with Gasteiger partial charge >= 0.3 is 0 Å². The Hall–Kier alpha value is -0.200. The van der Waals surface area contributed by atoms with Gasteiger partial charge in [0.1, 0.15) is 0 Å². The monoisotopic (exact) mass is 490 g/mol. The van der Waals surface area contributed by atoms with Gasteiger partial charge in [-0.15, -0.1) is 0 Å². The average Bonchev–Trinajstić information content (AvgIpc) is 3.08. The second-order valence-electron chi connectivity index (χ2n) is 15.9. The minimum Gasteiger partial charge on any atom is -0.393 e. The van der Waals surface area contributed by atoms with Crippen molar-refractivity contribution >= 4 is 0 Å². The van der Waals surface area contributed by atoms with Crippen molar-refractivity contribution in [3.05, 3.63) is 0 Å². The molecule has 0 aromatic heterocycles. The molecule has 0 bridgehead atoms. The van der Waals surface area contributed by atoms with Crippen LogP contribution >= 0.6 is 0 Å². The van der Waals surface area contributed by atoms with Gasteiger partial charge in [0.2, 0.25) is 0 Å². The van der Waals surface area contributed by atoms with E-state index in [9.17, 15) is 20.4 Å². The lowest BCUT2D eigenvalue weighted by molar-refractivity contribution is -0.213. The molecule has 1 heterocycles. The van der Waals surface area contributed by atoms with E-state index in [0.29, 0.717) is 5.92 Å². The van der Waals surface area contributed by atoms with Crippen molar-refractivity contribution in [3.8, 4) is 0 Å². The minimum atomic E-state index is -0.886. The van der Waals surface area contributed by atoms with Gasteiger partial charge in [0.25, 0.3) is 0 Å². The highest BCUT2D eigenvalue weighted by Gasteiger charge is 2.84. The van der Waals surface area contributed by atoms with Crippen LogP contribution in [0, 0.1) is 44.8 Å². The van der Waals surface area contributed by atoms with Gasteiger partial charge in [-0.05, 0) is 117 Å². The van der Waals surface area contributed by atoms with E-state index in [1.54, 1.807) is 0 Å². The molecule has 5 saturated carbocycles. The highest BCUT2D eigenvalue weighted by atomic mass is 16.5. The molecule has 35 heavy (non-hydrogen) atoms. The maximum absolute atomic E-state index is 11.7. The third kappa shape index (κ3) is 2.78. The summed E-state index contributed by atoms with van der Waals surface area (Å²) in [5.74, 6) is 0.577. The van der Waals surface area contributed by atoms with Crippen LogP contribution in [0.25, 0.3) is 0 Å². The third-order valence-electron chi connectivity index (χ3n) is 13.8. The summed E-state index contributed by atoms with van der Waals surface area (Å²) < 4.78 is 6.66. The largest absolute Gasteiger partial charge is 0.393 e. The third-order valence-corrected chi connectivity index (χ3v) is 13.8. The lowest BCUT2D eigenvalue weighted by atomic mass is 9.41. The molecule has 5 nitrogen and oxygen atoms in total. The van der Waals surface area contributed by atoms with E-state index in [1.807, 2.05) is 13.8 Å². The maximum Gasteiger partial charge on any atom is 0.0865 e. The lowest BCUT2D eigenvalue weighted by Crippen LogP contribution is -2.62. The van der Waals surface area contributed by atoms with Crippen LogP contribution in [-0.2, 0) is 4.74 Å². The minimum absolute atomic E-state index is 0.0267. The molecule has 0 amide bonds. The van der Waals surface area contributed by atoms with Gasteiger partial charge < -0.3 is 25.2 Å². The Morgan fingerprint density at radius 1 is 0.771 bits per heavy atom. The molecule has 3 unspecified atom stereocenters. The molecule has 6 rings (SSSR count). The number of fused-ring (bicyclic) bond motifs is 2. The van der Waals surface area contributed by atoms with Crippen LogP contribution in [0.4, 0.5) is 0 Å². The van der Waals surface area contributed by atoms with Gasteiger partial charge in [-0.25, -0.2) is 0 Å². The summed E-state index contributed by atoms with van der Waals surface area (Å²) in [5.41, 5.74) is -1.35. The van der Waals surface area contributed by atoms with Gasteiger partial charge in [0.05, 0.1) is 35.6 Å². The molecule has 5 aliphatic carbocycles. The summed E-state index contributed by atoms with van der Waals surface area (Å²) in [6.45, 7) is 15.0. The van der Waals surface area contributed by atoms with E-state index in [-0.39, 0.29) is 51.1 Å². The predicted octanol–water partition coefficient (Wildman–Crippen LogP) is 4.44. The number of hydrogen-bond donors (Lipinski definition) is 4. The van der Waals surface area contributed by atoms with E-state index >= 15 is 0 Å². The quantitative estimate of drug-likeness (QED) is 0.460. The van der Waals surface area contributed by atoms with Crippen molar-refractivity contribution in [2.75, 3.05) is 0 Å². The first kappa shape index (κ1) is 25.1. The first-order valence-corrected chi connectivity index (χ1v) is 14.4. The zero-order valence-electron chi connectivity index (χ0n) is 23.1. The van der Waals surface area contributed by atoms with E-state index in [0.717, 1.165) is 51.4 Å². The molecule has 200 valence electrons. The highest BCUT2D eigenvalue weighted by molar-refractivity contribution is 5.33. The molecule has 1 aliphatic heterocycles. The second-order valence-corrected chi connectivity index (χ2v) is 15.9. The summed E-state index contributed by atoms with van der Waals surface area (Å²) in [7, 11) is 0. The molecule has 5 heteroatoms. The Morgan fingerprint density at radius 2 is 1.46 bits per heavy atom. The molecule has 12 atom stereocenters. The first-order chi connectivity index (χ1) is 16.0. The molecule has 1 saturated heterocycles. The van der Waals surface area contributed by atoms with Gasteiger partial charge in [-0.1, -0.05) is 27.7 Å². The summed E-state index contributed by atoms with van der Waals surface area (Å²) in [5, 5.41) is 45.0. The van der Waals surface area contributed by atoms with Crippen molar-refractivity contribution < 1.29 is 25.2 Å². The van der Waals surface area contributed by atoms with Crippen LogP contribution in [0.2, 0.25) is 0 Å². The van der Waals surface area contributed by atoms with E-state index < -0.39 is 23.4 Å². The van der Waals surface area contributed by atoms with Crippen molar-refractivity contribution in [2.24, 2.45) is 44.8 Å². The summed E-state index contributed by atoms with van der Waals surface area (Å²) in [6.07, 6.45) is 7.18. The van der Waals surface area contributed by atoms with E-state index in [4.69, 9.17) is 4.74 Å². The van der Waals surface area contributed by atoms with Gasteiger partial charge in [0.15, 0.2) is 0 Å². The van der Waals surface area contributed by atoms with Gasteiger partial charge in [0, 0.05) is 5.92 Å². The number of aliphatic hydroxyl groups is 4. The van der Waals surface area contributed by atoms with Crippen molar-refractivity contribution in [2.45, 2.75) is 142 Å². The fourth-order valence-corrected chi connectivity index (χ4v) is 12.1. The van der Waals surface area contributed by atoms with Crippen LogP contribution in [0.15, 0.2) is 0 Å². The Bertz CT molecular complexity index is 911. The molecule has 6 aliphatic rings. The number of rotatable bonds is 2. The summed E-state index contributed by atoms with van der Waals surface area (Å²) in [6, 6.07) is 0. The van der Waals surface area contributed by atoms with E-state index in [2.05, 4.69) is 34.6 Å². The summed E-state index contributed by atoms with van der Waals surface area (Å²) in [4.78, 5) is 0. The number of aliphatic hydroxyl groups excluding tert-OH is 3. The molecular weight excluding hydrogens is 440 g/mol. The van der Waals surface area contributed by atoms with Gasteiger partial charge in [-0.2, -0.15) is 0 Å². The average molecular weight is 491 g/mol. The molecule has 2 spiro atoms. The van der Waals surface area contributed by atoms with Crippen LogP contribution in [-0.4, -0.2) is 56.0 Å². The Morgan fingerprint density at radius 3 is 2.09 bits per heavy atom. The standard InChI is InChI=1S/C30H50O5/c1-24(2)20(33)8-11-30-16-29(30)13-12-26(5)23(28(7)10-9-21(35-28)25(3,4)34)18(32)15-27(26,6)19(29)14-17(31)22(24)30/h17-23,31-34H,8-16H2,1-7H3/t17-,18-,19-,20?,21-,22-,23-,26+,27-,28+,29?,30?/m0/s1. The number of ether oxygens (including phenoxy) is 1. The van der Waals surface area contributed by atoms with Crippen LogP contribution < -0.4 is 0 Å². The topological polar surface area (TPSA) is 90.2 Å². The van der Waals surface area contributed by atoms with Crippen molar-refractivity contribution in [3.63, 3.8) is 0 Å². The maximum atomic E-state index is 11.7. The molecule has 4 N–H and O–H groups in total. The van der Waals surface area contributed by atoms with Crippen LogP contribution in [0.5, 0.6) is 0 Å². The van der Waals surface area contributed by atoms with E-state index in [1.165, 1.54) is 6.42 Å². The first-order valence-electron chi connectivity index (χ1n) is 14.4. The molecule has 0 aromatic rings. The Kier molecular flexibility index (Phi) is 4.92. The lowest BCUT2D eigenvalue weighted by Gasteiger charge is -2.64.